The quantitative estimate of drug-likeness (QED) is 0.752. The molecule has 156 valence electrons. The Bertz CT molecular complexity index is 967. The molecule has 29 heavy (non-hydrogen) atoms. The summed E-state index contributed by atoms with van der Waals surface area (Å²) in [5, 5.41) is 2.93. The van der Waals surface area contributed by atoms with Gasteiger partial charge in [0.25, 0.3) is 0 Å². The summed E-state index contributed by atoms with van der Waals surface area (Å²) in [7, 11) is -3.42. The normalized spacial score (nSPS) is 15.2. The van der Waals surface area contributed by atoms with E-state index in [1.165, 1.54) is 4.31 Å². The molecule has 2 aromatic carbocycles. The molecule has 0 unspecified atom stereocenters. The van der Waals surface area contributed by atoms with Gasteiger partial charge < -0.3 is 10.1 Å². The molecule has 0 aliphatic carbocycles. The number of sulfonamides is 1. The number of hydrogen-bond acceptors (Lipinski definition) is 4. The molecule has 0 radical (unpaired) electrons. The van der Waals surface area contributed by atoms with E-state index in [2.05, 4.69) is 5.32 Å². The van der Waals surface area contributed by atoms with E-state index >= 15 is 0 Å². The number of benzene rings is 2. The number of ether oxygens (including phenoxy) is 1. The van der Waals surface area contributed by atoms with Gasteiger partial charge in [-0.15, -0.1) is 0 Å². The molecule has 0 bridgehead atoms. The first-order chi connectivity index (χ1) is 13.8. The summed E-state index contributed by atoms with van der Waals surface area (Å²) in [6, 6.07) is 13.4. The molecule has 6 nitrogen and oxygen atoms in total. The zero-order valence-corrected chi connectivity index (χ0v) is 17.8. The Morgan fingerprint density at radius 1 is 1.03 bits per heavy atom. The smallest absolute Gasteiger partial charge is 0.224 e. The molecule has 1 N–H and O–H groups in total. The average Bonchev–Trinajstić information content (AvgIpc) is 2.70. The molecular weight excluding hydrogens is 388 g/mol. The minimum atomic E-state index is -3.42. The highest BCUT2D eigenvalue weighted by atomic mass is 32.2. The first kappa shape index (κ1) is 21.5. The molecule has 1 fully saturated rings. The lowest BCUT2D eigenvalue weighted by molar-refractivity contribution is -0.120. The van der Waals surface area contributed by atoms with Crippen molar-refractivity contribution in [2.45, 2.75) is 32.6 Å². The number of nitrogens with one attached hydrogen (secondary N) is 1. The van der Waals surface area contributed by atoms with Gasteiger partial charge >= 0.3 is 0 Å². The van der Waals surface area contributed by atoms with Crippen molar-refractivity contribution < 1.29 is 17.9 Å². The van der Waals surface area contributed by atoms with Crippen molar-refractivity contribution in [3.05, 3.63) is 70.3 Å². The lowest BCUT2D eigenvalue weighted by Crippen LogP contribution is -2.41. The van der Waals surface area contributed by atoms with E-state index in [9.17, 15) is 13.2 Å². The van der Waals surface area contributed by atoms with E-state index in [1.54, 1.807) is 0 Å². The highest BCUT2D eigenvalue weighted by molar-refractivity contribution is 7.88. The van der Waals surface area contributed by atoms with Crippen molar-refractivity contribution >= 4 is 15.9 Å². The minimum Gasteiger partial charge on any atom is -0.379 e. The zero-order valence-electron chi connectivity index (χ0n) is 17.0. The Labute approximate surface area is 172 Å². The molecule has 0 atom stereocenters. The maximum Gasteiger partial charge on any atom is 0.224 e. The first-order valence-electron chi connectivity index (χ1n) is 9.80. The van der Waals surface area contributed by atoms with Gasteiger partial charge in [0.1, 0.15) is 0 Å². The van der Waals surface area contributed by atoms with Crippen LogP contribution in [0, 0.1) is 13.8 Å². The molecule has 3 rings (SSSR count). The van der Waals surface area contributed by atoms with Crippen LogP contribution in [0.3, 0.4) is 0 Å². The fourth-order valence-electron chi connectivity index (χ4n) is 3.40. The van der Waals surface area contributed by atoms with Crippen molar-refractivity contribution in [3.8, 4) is 0 Å². The average molecular weight is 417 g/mol. The number of rotatable bonds is 7. The first-order valence-corrected chi connectivity index (χ1v) is 11.4. The maximum absolute atomic E-state index is 12.7. The largest absolute Gasteiger partial charge is 0.379 e. The summed E-state index contributed by atoms with van der Waals surface area (Å²) >= 11 is 0. The number of nitrogens with zero attached hydrogens (tertiary/aromatic N) is 1. The lowest BCUT2D eigenvalue weighted by atomic mass is 10.0. The van der Waals surface area contributed by atoms with E-state index in [1.807, 2.05) is 56.3 Å². The van der Waals surface area contributed by atoms with Crippen LogP contribution in [0.5, 0.6) is 0 Å². The van der Waals surface area contributed by atoms with Gasteiger partial charge in [-0.05, 0) is 36.1 Å². The van der Waals surface area contributed by atoms with Crippen LogP contribution < -0.4 is 5.32 Å². The van der Waals surface area contributed by atoms with Gasteiger partial charge in [-0.2, -0.15) is 4.31 Å². The van der Waals surface area contributed by atoms with E-state index in [0.29, 0.717) is 44.8 Å². The van der Waals surface area contributed by atoms with E-state index in [4.69, 9.17) is 4.74 Å². The lowest BCUT2D eigenvalue weighted by Gasteiger charge is -2.26. The second-order valence-corrected chi connectivity index (χ2v) is 9.39. The van der Waals surface area contributed by atoms with Crippen LogP contribution in [0.1, 0.15) is 27.8 Å². The number of morpholine rings is 1. The Morgan fingerprint density at radius 2 is 1.72 bits per heavy atom. The number of amides is 1. The second-order valence-electron chi connectivity index (χ2n) is 7.42. The van der Waals surface area contributed by atoms with Crippen LogP contribution in [0.4, 0.5) is 0 Å². The summed E-state index contributed by atoms with van der Waals surface area (Å²) in [6.45, 7) is 5.93. The molecule has 1 saturated heterocycles. The van der Waals surface area contributed by atoms with E-state index in [0.717, 1.165) is 22.3 Å². The van der Waals surface area contributed by atoms with Gasteiger partial charge in [0, 0.05) is 19.6 Å². The summed E-state index contributed by atoms with van der Waals surface area (Å²) in [5.41, 5.74) is 4.75. The predicted octanol–water partition coefficient (Wildman–Crippen LogP) is 2.32. The van der Waals surface area contributed by atoms with Gasteiger partial charge in [0.05, 0.1) is 25.4 Å². The third kappa shape index (κ3) is 5.88. The van der Waals surface area contributed by atoms with Gasteiger partial charge in [-0.25, -0.2) is 8.42 Å². The predicted molar refractivity (Wildman–Crippen MR) is 113 cm³/mol. The van der Waals surface area contributed by atoms with Crippen molar-refractivity contribution in [3.63, 3.8) is 0 Å². The molecule has 0 aromatic heterocycles. The summed E-state index contributed by atoms with van der Waals surface area (Å²) < 4.78 is 32.2. The van der Waals surface area contributed by atoms with Crippen molar-refractivity contribution in [2.24, 2.45) is 0 Å². The van der Waals surface area contributed by atoms with Crippen LogP contribution in [-0.2, 0) is 38.3 Å². The molecular formula is C22H28N2O4S. The minimum absolute atomic E-state index is 0.0734. The molecule has 0 saturated carbocycles. The van der Waals surface area contributed by atoms with Crippen LogP contribution in [0.15, 0.2) is 42.5 Å². The van der Waals surface area contributed by atoms with Crippen molar-refractivity contribution in [1.82, 2.24) is 9.62 Å². The monoisotopic (exact) mass is 416 g/mol. The standard InChI is InChI=1S/C22H28N2O4S/c1-17-7-8-18(2)21(13-17)14-22(25)23-15-19-5-3-4-6-20(19)16-29(26,27)24-9-11-28-12-10-24/h3-8,13H,9-12,14-16H2,1-2H3,(H,23,25). The Morgan fingerprint density at radius 3 is 2.45 bits per heavy atom. The number of aryl methyl sites for hydroxylation is 2. The molecule has 7 heteroatoms. The van der Waals surface area contributed by atoms with Gasteiger partial charge in [-0.3, -0.25) is 4.79 Å². The Kier molecular flexibility index (Phi) is 7.05. The van der Waals surface area contributed by atoms with E-state index in [-0.39, 0.29) is 11.7 Å². The Balaban J connectivity index is 1.64. The van der Waals surface area contributed by atoms with Gasteiger partial charge in [-0.1, -0.05) is 48.0 Å². The van der Waals surface area contributed by atoms with Crippen molar-refractivity contribution in [2.75, 3.05) is 26.3 Å². The fraction of sp³-hybridized carbons (Fsp3) is 0.409. The molecule has 1 aliphatic rings. The zero-order chi connectivity index (χ0) is 20.9. The number of hydrogen-bond donors (Lipinski definition) is 1. The number of carbonyl (C=O) groups excluding carboxylic acids is 1. The third-order valence-corrected chi connectivity index (χ3v) is 6.98. The van der Waals surface area contributed by atoms with Crippen LogP contribution in [-0.4, -0.2) is 44.9 Å². The van der Waals surface area contributed by atoms with Crippen LogP contribution in [0.25, 0.3) is 0 Å². The molecule has 2 aromatic rings. The highest BCUT2D eigenvalue weighted by Gasteiger charge is 2.25. The molecule has 0 spiro atoms. The van der Waals surface area contributed by atoms with Crippen LogP contribution in [0.2, 0.25) is 0 Å². The Hall–Kier alpha value is -2.22. The topological polar surface area (TPSA) is 75.7 Å². The molecule has 1 heterocycles. The summed E-state index contributed by atoms with van der Waals surface area (Å²) in [5.74, 6) is -0.153. The van der Waals surface area contributed by atoms with Crippen molar-refractivity contribution in [1.29, 1.82) is 0 Å². The molecule has 1 amide bonds. The van der Waals surface area contributed by atoms with Gasteiger partial charge in [0.15, 0.2) is 0 Å². The maximum atomic E-state index is 12.7. The third-order valence-electron chi connectivity index (χ3n) is 5.15. The SMILES string of the molecule is Cc1ccc(C)c(CC(=O)NCc2ccccc2CS(=O)(=O)N2CCOCC2)c1. The molecule has 1 aliphatic heterocycles. The summed E-state index contributed by atoms with van der Waals surface area (Å²) in [6.07, 6.45) is 0.307. The second kappa shape index (κ2) is 9.52. The van der Waals surface area contributed by atoms with E-state index < -0.39 is 10.0 Å². The fourth-order valence-corrected chi connectivity index (χ4v) is 4.97. The van der Waals surface area contributed by atoms with Gasteiger partial charge in [0.2, 0.25) is 15.9 Å². The highest BCUT2D eigenvalue weighted by Crippen LogP contribution is 2.17. The number of carbonyl (C=O) groups is 1. The summed E-state index contributed by atoms with van der Waals surface area (Å²) in [4.78, 5) is 12.4. The van der Waals surface area contributed by atoms with Crippen LogP contribution >= 0.6 is 0 Å².